The molecular weight excluding hydrogens is 266 g/mol. The fraction of sp³-hybridized carbons (Fsp3) is 0.812. The standard InChI is InChI=1S/C16H29N3S/c1-6-8-14-10-19(15(7-2)9-17-14)12(4)16-11(3)18-13(5)20-16/h12,14-15,17H,6-10H2,1-5H3. The van der Waals surface area contributed by atoms with Gasteiger partial charge in [-0.15, -0.1) is 11.3 Å². The predicted octanol–water partition coefficient (Wildman–Crippen LogP) is 3.67. The Morgan fingerprint density at radius 3 is 2.70 bits per heavy atom. The quantitative estimate of drug-likeness (QED) is 0.898. The lowest BCUT2D eigenvalue weighted by Gasteiger charge is -2.43. The Morgan fingerprint density at radius 1 is 1.40 bits per heavy atom. The fourth-order valence-electron chi connectivity index (χ4n) is 3.37. The number of thiazole rings is 1. The first-order valence-electron chi connectivity index (χ1n) is 7.99. The second-order valence-corrected chi connectivity index (χ2v) is 7.25. The van der Waals surface area contributed by atoms with Crippen LogP contribution in [0.1, 0.15) is 61.7 Å². The van der Waals surface area contributed by atoms with Crippen LogP contribution in [-0.4, -0.2) is 35.1 Å². The maximum Gasteiger partial charge on any atom is 0.0900 e. The molecule has 1 N–H and O–H groups in total. The van der Waals surface area contributed by atoms with Crippen molar-refractivity contribution in [2.75, 3.05) is 13.1 Å². The Bertz CT molecular complexity index is 429. The van der Waals surface area contributed by atoms with E-state index in [0.29, 0.717) is 18.1 Å². The summed E-state index contributed by atoms with van der Waals surface area (Å²) in [5, 5.41) is 4.92. The van der Waals surface area contributed by atoms with Crippen LogP contribution >= 0.6 is 11.3 Å². The minimum atomic E-state index is 0.493. The van der Waals surface area contributed by atoms with Gasteiger partial charge in [0, 0.05) is 36.1 Å². The fourth-order valence-corrected chi connectivity index (χ4v) is 4.37. The van der Waals surface area contributed by atoms with E-state index in [2.05, 4.69) is 49.8 Å². The number of nitrogens with one attached hydrogen (secondary N) is 1. The second-order valence-electron chi connectivity index (χ2n) is 6.01. The number of hydrogen-bond acceptors (Lipinski definition) is 4. The molecule has 0 bridgehead atoms. The molecule has 0 spiro atoms. The van der Waals surface area contributed by atoms with E-state index in [-0.39, 0.29) is 0 Å². The zero-order valence-corrected chi connectivity index (χ0v) is 14.4. The lowest BCUT2D eigenvalue weighted by atomic mass is 10.0. The van der Waals surface area contributed by atoms with Crippen LogP contribution in [0.5, 0.6) is 0 Å². The van der Waals surface area contributed by atoms with Crippen LogP contribution in [-0.2, 0) is 0 Å². The first kappa shape index (κ1) is 15.9. The number of aromatic nitrogens is 1. The van der Waals surface area contributed by atoms with Crippen LogP contribution in [0.2, 0.25) is 0 Å². The molecule has 114 valence electrons. The molecule has 0 radical (unpaired) electrons. The molecule has 0 amide bonds. The van der Waals surface area contributed by atoms with E-state index in [9.17, 15) is 0 Å². The Labute approximate surface area is 127 Å². The number of aryl methyl sites for hydroxylation is 2. The van der Waals surface area contributed by atoms with Crippen LogP contribution < -0.4 is 5.32 Å². The van der Waals surface area contributed by atoms with Crippen molar-refractivity contribution in [2.45, 2.75) is 72.0 Å². The molecule has 0 saturated carbocycles. The molecule has 3 atom stereocenters. The average molecular weight is 295 g/mol. The van der Waals surface area contributed by atoms with Gasteiger partial charge >= 0.3 is 0 Å². The molecule has 1 fully saturated rings. The normalized spacial score (nSPS) is 25.9. The van der Waals surface area contributed by atoms with Crippen LogP contribution in [0.15, 0.2) is 0 Å². The highest BCUT2D eigenvalue weighted by molar-refractivity contribution is 7.11. The summed E-state index contributed by atoms with van der Waals surface area (Å²) >= 11 is 1.87. The molecule has 20 heavy (non-hydrogen) atoms. The molecule has 0 aliphatic carbocycles. The monoisotopic (exact) mass is 295 g/mol. The van der Waals surface area contributed by atoms with Crippen molar-refractivity contribution in [3.8, 4) is 0 Å². The second kappa shape index (κ2) is 7.01. The van der Waals surface area contributed by atoms with Gasteiger partial charge in [0.2, 0.25) is 0 Å². The lowest BCUT2D eigenvalue weighted by Crippen LogP contribution is -2.56. The van der Waals surface area contributed by atoms with Crippen molar-refractivity contribution < 1.29 is 0 Å². The lowest BCUT2D eigenvalue weighted by molar-refractivity contribution is 0.0847. The minimum absolute atomic E-state index is 0.493. The van der Waals surface area contributed by atoms with E-state index in [1.807, 2.05) is 11.3 Å². The number of nitrogens with zero attached hydrogens (tertiary/aromatic N) is 2. The Kier molecular flexibility index (Phi) is 5.58. The largest absolute Gasteiger partial charge is 0.311 e. The van der Waals surface area contributed by atoms with Crippen molar-refractivity contribution >= 4 is 11.3 Å². The molecule has 1 saturated heterocycles. The first-order valence-corrected chi connectivity index (χ1v) is 8.81. The van der Waals surface area contributed by atoms with Crippen molar-refractivity contribution in [1.29, 1.82) is 0 Å². The van der Waals surface area contributed by atoms with Crippen LogP contribution in [0.25, 0.3) is 0 Å². The zero-order valence-electron chi connectivity index (χ0n) is 13.6. The van der Waals surface area contributed by atoms with Gasteiger partial charge < -0.3 is 5.32 Å². The van der Waals surface area contributed by atoms with E-state index in [1.165, 1.54) is 41.4 Å². The first-order chi connectivity index (χ1) is 9.56. The molecule has 3 unspecified atom stereocenters. The van der Waals surface area contributed by atoms with E-state index in [1.54, 1.807) is 0 Å². The van der Waals surface area contributed by atoms with Crippen molar-refractivity contribution in [3.63, 3.8) is 0 Å². The van der Waals surface area contributed by atoms with Gasteiger partial charge in [0.1, 0.15) is 0 Å². The maximum atomic E-state index is 4.61. The van der Waals surface area contributed by atoms with E-state index in [4.69, 9.17) is 0 Å². The Balaban J connectivity index is 2.15. The molecule has 0 aromatic carbocycles. The molecule has 1 aliphatic heterocycles. The van der Waals surface area contributed by atoms with Crippen LogP contribution in [0.4, 0.5) is 0 Å². The topological polar surface area (TPSA) is 28.2 Å². The summed E-state index contributed by atoms with van der Waals surface area (Å²) in [5.74, 6) is 0. The summed E-state index contributed by atoms with van der Waals surface area (Å²) in [4.78, 5) is 8.77. The van der Waals surface area contributed by atoms with E-state index in [0.717, 1.165) is 6.54 Å². The molecule has 4 heteroatoms. The number of piperazine rings is 1. The summed E-state index contributed by atoms with van der Waals surface area (Å²) in [5.41, 5.74) is 1.22. The average Bonchev–Trinajstić information content (AvgIpc) is 2.77. The van der Waals surface area contributed by atoms with E-state index >= 15 is 0 Å². The predicted molar refractivity (Wildman–Crippen MR) is 87.5 cm³/mol. The summed E-state index contributed by atoms with van der Waals surface area (Å²) in [6.07, 6.45) is 3.75. The number of hydrogen-bond donors (Lipinski definition) is 1. The summed E-state index contributed by atoms with van der Waals surface area (Å²) in [6.45, 7) is 13.5. The van der Waals surface area contributed by atoms with Crippen LogP contribution in [0, 0.1) is 13.8 Å². The molecule has 3 nitrogen and oxygen atoms in total. The Hall–Kier alpha value is -0.450. The molecule has 2 rings (SSSR count). The van der Waals surface area contributed by atoms with Crippen molar-refractivity contribution in [3.05, 3.63) is 15.6 Å². The van der Waals surface area contributed by atoms with Gasteiger partial charge in [-0.3, -0.25) is 4.90 Å². The molecular formula is C16H29N3S. The van der Waals surface area contributed by atoms with Gasteiger partial charge in [-0.2, -0.15) is 0 Å². The van der Waals surface area contributed by atoms with Crippen LogP contribution in [0.3, 0.4) is 0 Å². The Morgan fingerprint density at radius 2 is 2.15 bits per heavy atom. The van der Waals surface area contributed by atoms with Gasteiger partial charge in [-0.1, -0.05) is 20.3 Å². The smallest absolute Gasteiger partial charge is 0.0900 e. The molecule has 2 heterocycles. The molecule has 1 aliphatic rings. The third-order valence-electron chi connectivity index (χ3n) is 4.47. The van der Waals surface area contributed by atoms with Gasteiger partial charge in [0.25, 0.3) is 0 Å². The molecule has 1 aromatic rings. The highest BCUT2D eigenvalue weighted by atomic mass is 32.1. The highest BCUT2D eigenvalue weighted by Crippen LogP contribution is 2.32. The van der Waals surface area contributed by atoms with Gasteiger partial charge in [0.05, 0.1) is 10.7 Å². The van der Waals surface area contributed by atoms with E-state index < -0.39 is 0 Å². The van der Waals surface area contributed by atoms with Gasteiger partial charge in [0.15, 0.2) is 0 Å². The summed E-state index contributed by atoms with van der Waals surface area (Å²) in [7, 11) is 0. The molecule has 1 aromatic heterocycles. The van der Waals surface area contributed by atoms with Crippen molar-refractivity contribution in [1.82, 2.24) is 15.2 Å². The maximum absolute atomic E-state index is 4.61. The number of rotatable bonds is 5. The SMILES string of the molecule is CCCC1CN(C(C)c2sc(C)nc2C)C(CC)CN1. The van der Waals surface area contributed by atoms with Crippen molar-refractivity contribution in [2.24, 2.45) is 0 Å². The zero-order chi connectivity index (χ0) is 14.7. The third-order valence-corrected chi connectivity index (χ3v) is 5.71. The van der Waals surface area contributed by atoms with Gasteiger partial charge in [-0.05, 0) is 33.6 Å². The summed E-state index contributed by atoms with van der Waals surface area (Å²) < 4.78 is 0. The highest BCUT2D eigenvalue weighted by Gasteiger charge is 2.31. The van der Waals surface area contributed by atoms with Gasteiger partial charge in [-0.25, -0.2) is 4.98 Å². The minimum Gasteiger partial charge on any atom is -0.311 e. The third kappa shape index (κ3) is 3.41. The summed E-state index contributed by atoms with van der Waals surface area (Å²) in [6, 6.07) is 1.80.